The fourth-order valence-electron chi connectivity index (χ4n) is 3.43. The molecule has 0 amide bonds. The van der Waals surface area contributed by atoms with E-state index in [4.69, 9.17) is 4.74 Å². The number of Topliss-reactive ketones (excluding diaryl/α,β-unsaturated/α-hetero) is 1. The number of benzene rings is 2. The highest BCUT2D eigenvalue weighted by Gasteiger charge is 2.20. The summed E-state index contributed by atoms with van der Waals surface area (Å²) in [7, 11) is -3.47. The van der Waals surface area contributed by atoms with Gasteiger partial charge in [-0.3, -0.25) is 9.78 Å². The second-order valence-electron chi connectivity index (χ2n) is 7.46. The number of nitrogens with zero attached hydrogens (tertiary/aromatic N) is 1. The molecule has 1 heterocycles. The van der Waals surface area contributed by atoms with E-state index in [-0.39, 0.29) is 10.7 Å². The van der Waals surface area contributed by atoms with Gasteiger partial charge in [-0.1, -0.05) is 31.2 Å². The zero-order valence-electron chi connectivity index (χ0n) is 18.6. The van der Waals surface area contributed by atoms with E-state index >= 15 is 0 Å². The van der Waals surface area contributed by atoms with Crippen LogP contribution in [0.4, 0.5) is 11.4 Å². The number of ketones is 1. The van der Waals surface area contributed by atoms with Crippen molar-refractivity contribution in [3.63, 3.8) is 0 Å². The molecule has 0 unspecified atom stereocenters. The van der Waals surface area contributed by atoms with Crippen LogP contribution < -0.4 is 10.1 Å². The lowest BCUT2D eigenvalue weighted by Crippen LogP contribution is -2.08. The molecule has 0 spiro atoms. The van der Waals surface area contributed by atoms with Crippen molar-refractivity contribution in [2.45, 2.75) is 31.1 Å². The first-order valence-corrected chi connectivity index (χ1v) is 13.8. The van der Waals surface area contributed by atoms with Crippen molar-refractivity contribution in [2.75, 3.05) is 30.2 Å². The molecule has 8 heteroatoms. The first-order chi connectivity index (χ1) is 15.4. The molecule has 170 valence electrons. The molecule has 6 nitrogen and oxygen atoms in total. The zero-order chi connectivity index (χ0) is 23.1. The van der Waals surface area contributed by atoms with Crippen molar-refractivity contribution in [3.05, 3.63) is 54.2 Å². The minimum absolute atomic E-state index is 0.0486. The Balaban J connectivity index is 2.13. The first kappa shape index (κ1) is 24.1. The Labute approximate surface area is 193 Å². The van der Waals surface area contributed by atoms with Gasteiger partial charge in [-0.25, -0.2) is 8.42 Å². The Bertz CT molecular complexity index is 1210. The largest absolute Gasteiger partial charge is 0.491 e. The molecule has 3 aromatic rings. The van der Waals surface area contributed by atoms with Gasteiger partial charge < -0.3 is 10.1 Å². The van der Waals surface area contributed by atoms with Crippen LogP contribution in [0.2, 0.25) is 0 Å². The van der Waals surface area contributed by atoms with Crippen LogP contribution in [-0.2, 0) is 9.84 Å². The predicted octanol–water partition coefficient (Wildman–Crippen LogP) is 5.50. The van der Waals surface area contributed by atoms with Gasteiger partial charge in [0.25, 0.3) is 0 Å². The molecule has 0 radical (unpaired) electrons. The smallest absolute Gasteiger partial charge is 0.177 e. The molecule has 0 saturated carbocycles. The van der Waals surface area contributed by atoms with E-state index in [1.165, 1.54) is 6.26 Å². The number of para-hydroxylation sites is 2. The third kappa shape index (κ3) is 5.61. The second-order valence-corrected chi connectivity index (χ2v) is 10.4. The lowest BCUT2D eigenvalue weighted by atomic mass is 10.0. The van der Waals surface area contributed by atoms with Gasteiger partial charge in [0.1, 0.15) is 11.3 Å². The van der Waals surface area contributed by atoms with Gasteiger partial charge in [-0.2, -0.15) is 11.8 Å². The van der Waals surface area contributed by atoms with Gasteiger partial charge in [-0.05, 0) is 43.0 Å². The summed E-state index contributed by atoms with van der Waals surface area (Å²) in [5.41, 5.74) is 2.02. The monoisotopic (exact) mass is 472 g/mol. The molecule has 0 saturated heterocycles. The minimum Gasteiger partial charge on any atom is -0.491 e. The Morgan fingerprint density at radius 1 is 1.16 bits per heavy atom. The molecular formula is C24H28N2O4S2. The van der Waals surface area contributed by atoms with Crippen LogP contribution >= 0.6 is 11.8 Å². The van der Waals surface area contributed by atoms with Crippen molar-refractivity contribution in [1.29, 1.82) is 0 Å². The van der Waals surface area contributed by atoms with Gasteiger partial charge in [0, 0.05) is 24.3 Å². The molecule has 0 fully saturated rings. The molecule has 0 aliphatic rings. The van der Waals surface area contributed by atoms with E-state index in [1.807, 2.05) is 25.1 Å². The number of carbonyl (C=O) groups excluding carboxylic acids is 1. The number of carbonyl (C=O) groups is 1. The molecule has 0 aliphatic carbocycles. The SMILES string of the molecule is CCCC(=O)c1cnc2c(OCCCSC)cccc2c1Nc1ccccc1S(C)(=O)=O. The molecule has 2 aromatic carbocycles. The summed E-state index contributed by atoms with van der Waals surface area (Å²) in [6.07, 6.45) is 6.77. The molecule has 1 N–H and O–H groups in total. The molecular weight excluding hydrogens is 444 g/mol. The normalized spacial score (nSPS) is 11.5. The molecule has 3 rings (SSSR count). The van der Waals surface area contributed by atoms with Crippen LogP contribution in [0.3, 0.4) is 0 Å². The number of rotatable bonds is 11. The zero-order valence-corrected chi connectivity index (χ0v) is 20.2. The molecule has 0 aliphatic heterocycles. The van der Waals surface area contributed by atoms with Gasteiger partial charge in [0.2, 0.25) is 0 Å². The van der Waals surface area contributed by atoms with E-state index in [0.29, 0.717) is 53.0 Å². The fraction of sp³-hybridized carbons (Fsp3) is 0.333. The third-order valence-corrected chi connectivity index (χ3v) is 6.79. The summed E-state index contributed by atoms with van der Waals surface area (Å²) in [5, 5.41) is 3.94. The van der Waals surface area contributed by atoms with Gasteiger partial charge >= 0.3 is 0 Å². The van der Waals surface area contributed by atoms with Crippen LogP contribution in [0, 0.1) is 0 Å². The van der Waals surface area contributed by atoms with Crippen molar-refractivity contribution < 1.29 is 17.9 Å². The molecule has 32 heavy (non-hydrogen) atoms. The second kappa shape index (κ2) is 10.8. The lowest BCUT2D eigenvalue weighted by molar-refractivity contribution is 0.0982. The van der Waals surface area contributed by atoms with Crippen LogP contribution in [0.1, 0.15) is 36.5 Å². The predicted molar refractivity (Wildman–Crippen MR) is 132 cm³/mol. The Hall–Kier alpha value is -2.58. The number of anilines is 2. The highest BCUT2D eigenvalue weighted by molar-refractivity contribution is 7.98. The van der Waals surface area contributed by atoms with E-state index in [1.54, 1.807) is 42.2 Å². The molecule has 0 bridgehead atoms. The molecule has 0 atom stereocenters. The number of hydrogen-bond acceptors (Lipinski definition) is 7. The summed E-state index contributed by atoms with van der Waals surface area (Å²) in [5.74, 6) is 1.59. The van der Waals surface area contributed by atoms with Crippen LogP contribution in [-0.4, -0.2) is 44.1 Å². The number of thioether (sulfide) groups is 1. The standard InChI is InChI=1S/C24H28N2O4S2/c1-4-9-20(27)18-16-25-24-17(10-7-12-21(24)30-14-8-15-31-2)23(18)26-19-11-5-6-13-22(19)32(3,28)29/h5-7,10-13,16H,4,8-9,14-15H2,1-3H3,(H,25,26). The number of sulfone groups is 1. The minimum atomic E-state index is -3.47. The average molecular weight is 473 g/mol. The van der Waals surface area contributed by atoms with E-state index < -0.39 is 9.84 Å². The maximum absolute atomic E-state index is 12.9. The Morgan fingerprint density at radius 3 is 2.66 bits per heavy atom. The fourth-order valence-corrected chi connectivity index (χ4v) is 4.68. The average Bonchev–Trinajstić information content (AvgIpc) is 2.77. The number of pyridine rings is 1. The summed E-state index contributed by atoms with van der Waals surface area (Å²) >= 11 is 1.76. The van der Waals surface area contributed by atoms with Crippen molar-refractivity contribution in [2.24, 2.45) is 0 Å². The van der Waals surface area contributed by atoms with Crippen LogP contribution in [0.25, 0.3) is 10.9 Å². The summed E-state index contributed by atoms with van der Waals surface area (Å²) in [4.78, 5) is 17.6. The maximum Gasteiger partial charge on any atom is 0.177 e. The quantitative estimate of drug-likeness (QED) is 0.291. The summed E-state index contributed by atoms with van der Waals surface area (Å²) < 4.78 is 30.6. The molecule has 1 aromatic heterocycles. The highest BCUT2D eigenvalue weighted by Crippen LogP contribution is 2.35. The van der Waals surface area contributed by atoms with Gasteiger partial charge in [-0.15, -0.1) is 0 Å². The number of fused-ring (bicyclic) bond motifs is 1. The van der Waals surface area contributed by atoms with Crippen LogP contribution in [0.5, 0.6) is 5.75 Å². The van der Waals surface area contributed by atoms with Crippen molar-refractivity contribution in [3.8, 4) is 5.75 Å². The van der Waals surface area contributed by atoms with Gasteiger partial charge in [0.15, 0.2) is 15.6 Å². The highest BCUT2D eigenvalue weighted by atomic mass is 32.2. The topological polar surface area (TPSA) is 85.4 Å². The van der Waals surface area contributed by atoms with Crippen molar-refractivity contribution >= 4 is 49.7 Å². The van der Waals surface area contributed by atoms with Crippen LogP contribution in [0.15, 0.2) is 53.6 Å². The Kier molecular flexibility index (Phi) is 8.15. The van der Waals surface area contributed by atoms with E-state index in [0.717, 1.165) is 12.2 Å². The lowest BCUT2D eigenvalue weighted by Gasteiger charge is -2.17. The summed E-state index contributed by atoms with van der Waals surface area (Å²) in [6.45, 7) is 2.51. The third-order valence-electron chi connectivity index (χ3n) is 4.93. The van der Waals surface area contributed by atoms with Gasteiger partial charge in [0.05, 0.1) is 28.4 Å². The van der Waals surface area contributed by atoms with Crippen molar-refractivity contribution in [1.82, 2.24) is 4.98 Å². The number of nitrogens with one attached hydrogen (secondary N) is 1. The first-order valence-electron chi connectivity index (χ1n) is 10.5. The maximum atomic E-state index is 12.9. The van der Waals surface area contributed by atoms with E-state index in [9.17, 15) is 13.2 Å². The number of hydrogen-bond donors (Lipinski definition) is 1. The van der Waals surface area contributed by atoms with E-state index in [2.05, 4.69) is 16.6 Å². The Morgan fingerprint density at radius 2 is 1.94 bits per heavy atom. The summed E-state index contributed by atoms with van der Waals surface area (Å²) in [6, 6.07) is 12.3. The number of aromatic nitrogens is 1. The number of ether oxygens (including phenoxy) is 1.